The molecule has 0 saturated heterocycles. The monoisotopic (exact) mass is 279 g/mol. The normalized spacial score (nSPS) is 10.0. The van der Waals surface area contributed by atoms with Crippen LogP contribution in [0.4, 0.5) is 0 Å². The molecule has 0 fully saturated rings. The highest BCUT2D eigenvalue weighted by atomic mass is 16.5. The number of nitrogens with zero attached hydrogens (tertiary/aromatic N) is 1. The highest BCUT2D eigenvalue weighted by Gasteiger charge is 2.11. The Morgan fingerprint density at radius 3 is 2.52 bits per heavy atom. The molecule has 2 aromatic carbocycles. The number of aryl methyl sites for hydroxylation is 3. The van der Waals surface area contributed by atoms with Gasteiger partial charge in [-0.05, 0) is 61.7 Å². The summed E-state index contributed by atoms with van der Waals surface area (Å²) >= 11 is 0. The van der Waals surface area contributed by atoms with E-state index in [0.717, 1.165) is 11.1 Å². The fourth-order valence-electron chi connectivity index (χ4n) is 2.14. The minimum atomic E-state index is -0.0574. The number of nitriles is 1. The van der Waals surface area contributed by atoms with Crippen LogP contribution in [0.5, 0.6) is 5.75 Å². The van der Waals surface area contributed by atoms with Crippen molar-refractivity contribution in [1.82, 2.24) is 0 Å². The molecule has 0 aromatic heterocycles. The van der Waals surface area contributed by atoms with Gasteiger partial charge in [0.05, 0.1) is 11.6 Å². The first-order chi connectivity index (χ1) is 10.0. The van der Waals surface area contributed by atoms with Crippen molar-refractivity contribution in [2.24, 2.45) is 0 Å². The van der Waals surface area contributed by atoms with E-state index >= 15 is 0 Å². The van der Waals surface area contributed by atoms with E-state index in [2.05, 4.69) is 0 Å². The predicted octanol–water partition coefficient (Wildman–Crippen LogP) is 3.75. The molecule has 0 aliphatic rings. The Labute approximate surface area is 124 Å². The topological polar surface area (TPSA) is 50.1 Å². The molecule has 2 aromatic rings. The van der Waals surface area contributed by atoms with Crippen molar-refractivity contribution in [3.05, 3.63) is 64.2 Å². The van der Waals surface area contributed by atoms with Crippen LogP contribution in [0.1, 0.15) is 32.6 Å². The fraction of sp³-hybridized carbons (Fsp3) is 0.222. The molecule has 0 unspecified atom stereocenters. The van der Waals surface area contributed by atoms with Crippen LogP contribution < -0.4 is 4.74 Å². The van der Waals surface area contributed by atoms with Gasteiger partial charge < -0.3 is 4.74 Å². The van der Waals surface area contributed by atoms with Crippen molar-refractivity contribution in [3.8, 4) is 11.8 Å². The van der Waals surface area contributed by atoms with Gasteiger partial charge in [-0.15, -0.1) is 0 Å². The Morgan fingerprint density at radius 2 is 1.81 bits per heavy atom. The van der Waals surface area contributed by atoms with E-state index in [1.165, 1.54) is 5.56 Å². The maximum Gasteiger partial charge on any atom is 0.200 e. The third-order valence-electron chi connectivity index (χ3n) is 3.47. The average molecular weight is 279 g/mol. The van der Waals surface area contributed by atoms with Crippen molar-refractivity contribution >= 4 is 5.78 Å². The van der Waals surface area contributed by atoms with E-state index in [4.69, 9.17) is 10.00 Å². The van der Waals surface area contributed by atoms with Crippen LogP contribution in [-0.4, -0.2) is 12.4 Å². The standard InChI is InChI=1S/C18H17NO2/c1-12-7-14(3)17(8-13(12)2)18(20)11-21-16-6-4-5-15(9-16)10-19/h4-9H,11H2,1-3H3. The van der Waals surface area contributed by atoms with Crippen molar-refractivity contribution in [1.29, 1.82) is 5.26 Å². The summed E-state index contributed by atoms with van der Waals surface area (Å²) in [4.78, 5) is 12.3. The molecule has 0 amide bonds. The van der Waals surface area contributed by atoms with Gasteiger partial charge in [0.2, 0.25) is 0 Å². The molecular weight excluding hydrogens is 262 g/mol. The van der Waals surface area contributed by atoms with Crippen LogP contribution in [-0.2, 0) is 0 Å². The number of Topliss-reactive ketones (excluding diaryl/α,β-unsaturated/α-hetero) is 1. The van der Waals surface area contributed by atoms with Crippen molar-refractivity contribution < 1.29 is 9.53 Å². The van der Waals surface area contributed by atoms with Crippen molar-refractivity contribution in [3.63, 3.8) is 0 Å². The number of carbonyl (C=O) groups excluding carboxylic acids is 1. The second-order valence-corrected chi connectivity index (χ2v) is 5.10. The summed E-state index contributed by atoms with van der Waals surface area (Å²) in [5.74, 6) is 0.474. The predicted molar refractivity (Wildman–Crippen MR) is 81.6 cm³/mol. The van der Waals surface area contributed by atoms with Gasteiger partial charge in [-0.2, -0.15) is 5.26 Å². The van der Waals surface area contributed by atoms with Crippen LogP contribution in [0.2, 0.25) is 0 Å². The fourth-order valence-corrected chi connectivity index (χ4v) is 2.14. The van der Waals surface area contributed by atoms with Gasteiger partial charge in [0.15, 0.2) is 12.4 Å². The quantitative estimate of drug-likeness (QED) is 0.801. The van der Waals surface area contributed by atoms with Gasteiger partial charge in [-0.3, -0.25) is 4.79 Å². The van der Waals surface area contributed by atoms with Gasteiger partial charge in [0, 0.05) is 5.56 Å². The molecular formula is C18H17NO2. The molecule has 0 saturated carbocycles. The molecule has 3 heteroatoms. The third kappa shape index (κ3) is 3.49. The smallest absolute Gasteiger partial charge is 0.200 e. The lowest BCUT2D eigenvalue weighted by atomic mass is 9.98. The molecule has 106 valence electrons. The summed E-state index contributed by atoms with van der Waals surface area (Å²) in [6.07, 6.45) is 0. The second-order valence-electron chi connectivity index (χ2n) is 5.10. The third-order valence-corrected chi connectivity index (χ3v) is 3.47. The molecule has 21 heavy (non-hydrogen) atoms. The van der Waals surface area contributed by atoms with E-state index in [1.807, 2.05) is 39.0 Å². The van der Waals surface area contributed by atoms with Crippen LogP contribution in [0.15, 0.2) is 36.4 Å². The lowest BCUT2D eigenvalue weighted by molar-refractivity contribution is 0.0921. The van der Waals surface area contributed by atoms with E-state index in [9.17, 15) is 4.79 Å². The van der Waals surface area contributed by atoms with E-state index in [1.54, 1.807) is 24.3 Å². The summed E-state index contributed by atoms with van der Waals surface area (Å²) < 4.78 is 5.49. The van der Waals surface area contributed by atoms with Gasteiger partial charge in [-0.1, -0.05) is 12.1 Å². The Kier molecular flexibility index (Phi) is 4.39. The maximum atomic E-state index is 12.3. The molecule has 0 heterocycles. The van der Waals surface area contributed by atoms with E-state index in [-0.39, 0.29) is 12.4 Å². The number of benzene rings is 2. The maximum absolute atomic E-state index is 12.3. The number of carbonyl (C=O) groups is 1. The van der Waals surface area contributed by atoms with Gasteiger partial charge in [0.25, 0.3) is 0 Å². The Hall–Kier alpha value is -2.60. The molecule has 0 aliphatic carbocycles. The molecule has 0 N–H and O–H groups in total. The Bertz CT molecular complexity index is 726. The SMILES string of the molecule is Cc1cc(C)c(C(=O)COc2cccc(C#N)c2)cc1C. The molecule has 2 rings (SSSR count). The zero-order chi connectivity index (χ0) is 15.4. The zero-order valence-corrected chi connectivity index (χ0v) is 12.4. The first-order valence-corrected chi connectivity index (χ1v) is 6.75. The van der Waals surface area contributed by atoms with Crippen LogP contribution in [0, 0.1) is 32.1 Å². The van der Waals surface area contributed by atoms with Crippen LogP contribution in [0.25, 0.3) is 0 Å². The number of rotatable bonds is 4. The number of hydrogen-bond donors (Lipinski definition) is 0. The lowest BCUT2D eigenvalue weighted by Crippen LogP contribution is -2.13. The van der Waals surface area contributed by atoms with Crippen molar-refractivity contribution in [2.75, 3.05) is 6.61 Å². The van der Waals surface area contributed by atoms with Gasteiger partial charge >= 0.3 is 0 Å². The van der Waals surface area contributed by atoms with Crippen molar-refractivity contribution in [2.45, 2.75) is 20.8 Å². The Balaban J connectivity index is 2.12. The number of hydrogen-bond acceptors (Lipinski definition) is 3. The van der Waals surface area contributed by atoms with Crippen LogP contribution >= 0.6 is 0 Å². The average Bonchev–Trinajstić information content (AvgIpc) is 2.48. The minimum Gasteiger partial charge on any atom is -0.485 e. The molecule has 0 spiro atoms. The highest BCUT2D eigenvalue weighted by Crippen LogP contribution is 2.17. The summed E-state index contributed by atoms with van der Waals surface area (Å²) in [7, 11) is 0. The number of ketones is 1. The highest BCUT2D eigenvalue weighted by molar-refractivity contribution is 5.98. The summed E-state index contributed by atoms with van der Waals surface area (Å²) in [5, 5.41) is 8.84. The summed E-state index contributed by atoms with van der Waals surface area (Å²) in [6, 6.07) is 12.8. The second kappa shape index (κ2) is 6.23. The molecule has 3 nitrogen and oxygen atoms in total. The van der Waals surface area contributed by atoms with Gasteiger partial charge in [0.1, 0.15) is 5.75 Å². The zero-order valence-electron chi connectivity index (χ0n) is 12.4. The molecule has 0 radical (unpaired) electrons. The summed E-state index contributed by atoms with van der Waals surface area (Å²) in [5.41, 5.74) is 4.43. The molecule has 0 atom stereocenters. The first kappa shape index (κ1) is 14.8. The van der Waals surface area contributed by atoms with Crippen LogP contribution in [0.3, 0.4) is 0 Å². The molecule has 0 aliphatic heterocycles. The summed E-state index contributed by atoms with van der Waals surface area (Å²) in [6.45, 7) is 5.91. The Morgan fingerprint density at radius 1 is 1.10 bits per heavy atom. The van der Waals surface area contributed by atoms with E-state index < -0.39 is 0 Å². The molecule has 0 bridgehead atoms. The largest absolute Gasteiger partial charge is 0.485 e. The number of ether oxygens (including phenoxy) is 1. The van der Waals surface area contributed by atoms with Gasteiger partial charge in [-0.25, -0.2) is 0 Å². The lowest BCUT2D eigenvalue weighted by Gasteiger charge is -2.10. The minimum absolute atomic E-state index is 0.0295. The first-order valence-electron chi connectivity index (χ1n) is 6.75. The van der Waals surface area contributed by atoms with E-state index in [0.29, 0.717) is 16.9 Å².